The molecule has 2 atom stereocenters. The SMILES string of the molecule is Cc1ccc([S@](=O)N2CCCC[C@H]2C#CCCCCl)cc1. The predicted octanol–water partition coefficient (Wildman–Crippen LogP) is 3.89. The van der Waals surface area contributed by atoms with Gasteiger partial charge in [-0.25, -0.2) is 8.51 Å². The van der Waals surface area contributed by atoms with Crippen molar-refractivity contribution >= 4 is 22.6 Å². The van der Waals surface area contributed by atoms with Crippen molar-refractivity contribution in [2.75, 3.05) is 12.4 Å². The molecule has 1 heterocycles. The molecule has 0 unspecified atom stereocenters. The normalized spacial score (nSPS) is 20.6. The van der Waals surface area contributed by atoms with Gasteiger partial charge in [-0.2, -0.15) is 0 Å². The zero-order valence-electron chi connectivity index (χ0n) is 12.5. The third-order valence-corrected chi connectivity index (χ3v) is 5.40. The van der Waals surface area contributed by atoms with Crippen LogP contribution in [0.15, 0.2) is 29.2 Å². The molecule has 2 nitrogen and oxygen atoms in total. The largest absolute Gasteiger partial charge is 0.237 e. The van der Waals surface area contributed by atoms with Gasteiger partial charge >= 0.3 is 0 Å². The Balaban J connectivity index is 2.08. The number of aryl methyl sites for hydroxylation is 1. The van der Waals surface area contributed by atoms with E-state index in [0.717, 1.165) is 43.5 Å². The highest BCUT2D eigenvalue weighted by atomic mass is 35.5. The minimum Gasteiger partial charge on any atom is -0.237 e. The van der Waals surface area contributed by atoms with Gasteiger partial charge in [0, 0.05) is 18.8 Å². The van der Waals surface area contributed by atoms with Crippen molar-refractivity contribution in [3.63, 3.8) is 0 Å². The molecule has 1 fully saturated rings. The first-order valence-electron chi connectivity index (χ1n) is 7.52. The third-order valence-electron chi connectivity index (χ3n) is 3.59. The number of hydrogen-bond donors (Lipinski definition) is 0. The van der Waals surface area contributed by atoms with E-state index in [4.69, 9.17) is 11.6 Å². The van der Waals surface area contributed by atoms with Crippen LogP contribution in [0.25, 0.3) is 0 Å². The summed E-state index contributed by atoms with van der Waals surface area (Å²) < 4.78 is 14.8. The van der Waals surface area contributed by atoms with Crippen LogP contribution in [0.5, 0.6) is 0 Å². The molecule has 0 bridgehead atoms. The van der Waals surface area contributed by atoms with E-state index in [1.54, 1.807) is 0 Å². The lowest BCUT2D eigenvalue weighted by Crippen LogP contribution is -2.39. The van der Waals surface area contributed by atoms with Crippen LogP contribution in [0.3, 0.4) is 0 Å². The predicted molar refractivity (Wildman–Crippen MR) is 89.7 cm³/mol. The summed E-state index contributed by atoms with van der Waals surface area (Å²) in [4.78, 5) is 0.870. The molecule has 1 saturated heterocycles. The molecule has 0 amide bonds. The quantitative estimate of drug-likeness (QED) is 0.467. The first kappa shape index (κ1) is 16.5. The van der Waals surface area contributed by atoms with E-state index in [2.05, 4.69) is 11.8 Å². The van der Waals surface area contributed by atoms with Crippen molar-refractivity contribution in [2.24, 2.45) is 0 Å². The maximum atomic E-state index is 12.8. The molecule has 114 valence electrons. The lowest BCUT2D eigenvalue weighted by Gasteiger charge is -2.31. The van der Waals surface area contributed by atoms with Crippen LogP contribution in [-0.2, 0) is 11.0 Å². The topological polar surface area (TPSA) is 20.3 Å². The molecular formula is C17H22ClNOS. The average molecular weight is 324 g/mol. The molecule has 0 saturated carbocycles. The zero-order valence-corrected chi connectivity index (χ0v) is 14.1. The fourth-order valence-electron chi connectivity index (χ4n) is 2.38. The Hall–Kier alpha value is -0.820. The lowest BCUT2D eigenvalue weighted by atomic mass is 10.1. The van der Waals surface area contributed by atoms with Gasteiger partial charge in [0.15, 0.2) is 0 Å². The second-order valence-electron chi connectivity index (χ2n) is 5.33. The number of hydrogen-bond acceptors (Lipinski definition) is 1. The number of halogens is 1. The Kier molecular flexibility index (Phi) is 6.76. The molecule has 0 radical (unpaired) electrons. The molecule has 1 aromatic carbocycles. The first-order chi connectivity index (χ1) is 10.2. The summed E-state index contributed by atoms with van der Waals surface area (Å²) in [6.07, 6.45) is 5.01. The van der Waals surface area contributed by atoms with E-state index in [0.29, 0.717) is 5.88 Å². The maximum Gasteiger partial charge on any atom is 0.128 e. The van der Waals surface area contributed by atoms with Crippen LogP contribution in [0.1, 0.15) is 37.7 Å². The van der Waals surface area contributed by atoms with Crippen LogP contribution in [-0.4, -0.2) is 27.0 Å². The van der Waals surface area contributed by atoms with Crippen molar-refractivity contribution in [1.29, 1.82) is 0 Å². The second-order valence-corrected chi connectivity index (χ2v) is 7.14. The van der Waals surface area contributed by atoms with Gasteiger partial charge in [0.05, 0.1) is 10.9 Å². The molecule has 0 aliphatic carbocycles. The van der Waals surface area contributed by atoms with Crippen LogP contribution < -0.4 is 0 Å². The number of rotatable bonds is 4. The molecule has 1 aliphatic rings. The highest BCUT2D eigenvalue weighted by Crippen LogP contribution is 2.22. The van der Waals surface area contributed by atoms with Gasteiger partial charge in [-0.15, -0.1) is 17.5 Å². The second kappa shape index (κ2) is 8.58. The highest BCUT2D eigenvalue weighted by molar-refractivity contribution is 7.82. The molecule has 1 aliphatic heterocycles. The van der Waals surface area contributed by atoms with Crippen LogP contribution in [0, 0.1) is 18.8 Å². The fraction of sp³-hybridized carbons (Fsp3) is 0.529. The van der Waals surface area contributed by atoms with Crippen molar-refractivity contribution in [2.45, 2.75) is 50.0 Å². The van der Waals surface area contributed by atoms with Gasteiger partial charge in [-0.1, -0.05) is 23.6 Å². The van der Waals surface area contributed by atoms with Gasteiger partial charge in [-0.05, 0) is 44.7 Å². The molecule has 0 N–H and O–H groups in total. The summed E-state index contributed by atoms with van der Waals surface area (Å²) in [6, 6.07) is 8.04. The number of benzene rings is 1. The summed E-state index contributed by atoms with van der Waals surface area (Å²) in [5.41, 5.74) is 1.19. The van der Waals surface area contributed by atoms with Crippen molar-refractivity contribution in [3.8, 4) is 11.8 Å². The molecular weight excluding hydrogens is 302 g/mol. The molecule has 1 aromatic rings. The van der Waals surface area contributed by atoms with E-state index >= 15 is 0 Å². The molecule has 0 spiro atoms. The standard InChI is InChI=1S/C17H22ClNOS/c1-15-9-11-17(12-10-15)21(20)19-14-6-4-8-16(19)7-3-2-5-13-18/h9-12,16H,2,4-6,8,13-14H2,1H3/t16-,21+/m1/s1. The van der Waals surface area contributed by atoms with Gasteiger partial charge in [0.1, 0.15) is 11.0 Å². The van der Waals surface area contributed by atoms with Crippen molar-refractivity contribution in [1.82, 2.24) is 4.31 Å². The number of alkyl halides is 1. The first-order valence-corrected chi connectivity index (χ1v) is 9.16. The van der Waals surface area contributed by atoms with Gasteiger partial charge in [-0.3, -0.25) is 0 Å². The molecule has 21 heavy (non-hydrogen) atoms. The lowest BCUT2D eigenvalue weighted by molar-refractivity contribution is 0.314. The monoisotopic (exact) mass is 323 g/mol. The smallest absolute Gasteiger partial charge is 0.128 e. The third kappa shape index (κ3) is 4.85. The van der Waals surface area contributed by atoms with Crippen LogP contribution in [0.4, 0.5) is 0 Å². The molecule has 0 aromatic heterocycles. The van der Waals surface area contributed by atoms with Gasteiger partial charge < -0.3 is 0 Å². The summed E-state index contributed by atoms with van der Waals surface area (Å²) in [7, 11) is -1.11. The van der Waals surface area contributed by atoms with Crippen molar-refractivity contribution in [3.05, 3.63) is 29.8 Å². The number of unbranched alkanes of at least 4 members (excludes halogenated alkanes) is 1. The van der Waals surface area contributed by atoms with Crippen molar-refractivity contribution < 1.29 is 4.21 Å². The number of piperidine rings is 1. The summed E-state index contributed by atoms with van der Waals surface area (Å²) in [5.74, 6) is 7.13. The zero-order chi connectivity index (χ0) is 15.1. The fourth-order valence-corrected chi connectivity index (χ4v) is 3.84. The Bertz CT molecular complexity index is 532. The molecule has 4 heteroatoms. The number of nitrogens with zero attached hydrogens (tertiary/aromatic N) is 1. The minimum absolute atomic E-state index is 0.108. The summed E-state index contributed by atoms with van der Waals surface area (Å²) >= 11 is 5.67. The van der Waals surface area contributed by atoms with Crippen LogP contribution >= 0.6 is 11.6 Å². The summed E-state index contributed by atoms with van der Waals surface area (Å²) in [6.45, 7) is 2.90. The summed E-state index contributed by atoms with van der Waals surface area (Å²) in [5, 5.41) is 0. The van der Waals surface area contributed by atoms with E-state index in [9.17, 15) is 4.21 Å². The van der Waals surface area contributed by atoms with E-state index in [1.165, 1.54) is 5.56 Å². The minimum atomic E-state index is -1.11. The highest BCUT2D eigenvalue weighted by Gasteiger charge is 2.26. The Labute approximate surface area is 135 Å². The molecule has 2 rings (SSSR count). The average Bonchev–Trinajstić information content (AvgIpc) is 2.52. The van der Waals surface area contributed by atoms with E-state index < -0.39 is 11.0 Å². The van der Waals surface area contributed by atoms with E-state index in [-0.39, 0.29) is 6.04 Å². The Morgan fingerprint density at radius 1 is 1.33 bits per heavy atom. The van der Waals surface area contributed by atoms with Gasteiger partial charge in [0.25, 0.3) is 0 Å². The van der Waals surface area contributed by atoms with Crippen LogP contribution in [0.2, 0.25) is 0 Å². The Morgan fingerprint density at radius 3 is 2.81 bits per heavy atom. The van der Waals surface area contributed by atoms with Gasteiger partial charge in [0.2, 0.25) is 0 Å². The Morgan fingerprint density at radius 2 is 2.10 bits per heavy atom. The van der Waals surface area contributed by atoms with E-state index in [1.807, 2.05) is 35.5 Å². The maximum absolute atomic E-state index is 12.8.